The van der Waals surface area contributed by atoms with Crippen LogP contribution in [-0.4, -0.2) is 28.0 Å². The van der Waals surface area contributed by atoms with Crippen molar-refractivity contribution in [2.24, 2.45) is 16.9 Å². The lowest BCUT2D eigenvalue weighted by Gasteiger charge is -2.45. The molecule has 162 valence electrons. The van der Waals surface area contributed by atoms with Crippen molar-refractivity contribution < 1.29 is 14.5 Å². The Hall–Kier alpha value is -4.13. The Morgan fingerprint density at radius 1 is 0.848 bits per heavy atom. The summed E-state index contributed by atoms with van der Waals surface area (Å²) in [5.74, 6) is -2.02. The average molecular weight is 437 g/mol. The second kappa shape index (κ2) is 6.93. The molecule has 2 bridgehead atoms. The fraction of sp³-hybridized carbons (Fsp3) is 0.192. The summed E-state index contributed by atoms with van der Waals surface area (Å²) >= 11 is 0. The summed E-state index contributed by atoms with van der Waals surface area (Å²) in [5.41, 5.74) is 5.36. The van der Waals surface area contributed by atoms with Crippen molar-refractivity contribution in [3.8, 4) is 0 Å². The van der Waals surface area contributed by atoms with Gasteiger partial charge in [-0.05, 0) is 29.2 Å². The second-order valence-corrected chi connectivity index (χ2v) is 8.80. The van der Waals surface area contributed by atoms with Gasteiger partial charge in [-0.1, -0.05) is 60.7 Å². The summed E-state index contributed by atoms with van der Waals surface area (Å²) in [6, 6.07) is 20.8. The van der Waals surface area contributed by atoms with E-state index in [0.29, 0.717) is 11.1 Å². The Labute approximate surface area is 189 Å². The summed E-state index contributed by atoms with van der Waals surface area (Å²) in [5, 5.41) is 16.4. The molecule has 7 rings (SSSR count). The van der Waals surface area contributed by atoms with Gasteiger partial charge in [-0.2, -0.15) is 10.1 Å². The zero-order valence-corrected chi connectivity index (χ0v) is 17.7. The molecule has 1 aliphatic heterocycles. The molecule has 0 N–H and O–H groups in total. The standard InChI is InChI=1S/C26H19N3O4/c1-14-10-11-15(12-20(14)29(32)33)13-27-28-25(30)23-21-16-6-2-3-7-17(16)22(24(23)26(28)31)19-9-5-4-8-18(19)21/h2-13,21-24H,1H3/b27-13+. The smallest absolute Gasteiger partial charge is 0.272 e. The van der Waals surface area contributed by atoms with Gasteiger partial charge in [0.15, 0.2) is 0 Å². The third-order valence-electron chi connectivity index (χ3n) is 7.18. The predicted octanol–water partition coefficient (Wildman–Crippen LogP) is 4.13. The summed E-state index contributed by atoms with van der Waals surface area (Å²) in [4.78, 5) is 37.8. The Bertz CT molecular complexity index is 1280. The minimum atomic E-state index is -0.503. The second-order valence-electron chi connectivity index (χ2n) is 8.80. The minimum Gasteiger partial charge on any atom is -0.272 e. The maximum absolute atomic E-state index is 13.5. The molecule has 2 atom stereocenters. The molecule has 1 saturated heterocycles. The van der Waals surface area contributed by atoms with Gasteiger partial charge >= 0.3 is 0 Å². The van der Waals surface area contributed by atoms with Crippen LogP contribution in [0.1, 0.15) is 45.2 Å². The third-order valence-corrected chi connectivity index (χ3v) is 7.18. The van der Waals surface area contributed by atoms with E-state index in [-0.39, 0.29) is 29.3 Å². The molecule has 2 unspecified atom stereocenters. The number of amides is 2. The van der Waals surface area contributed by atoms with Gasteiger partial charge in [0.25, 0.3) is 17.5 Å². The molecule has 2 amide bonds. The summed E-state index contributed by atoms with van der Waals surface area (Å²) in [6.45, 7) is 1.66. The minimum absolute atomic E-state index is 0.0318. The van der Waals surface area contributed by atoms with E-state index in [1.54, 1.807) is 19.1 Å². The van der Waals surface area contributed by atoms with Crippen LogP contribution in [0.4, 0.5) is 5.69 Å². The number of nitro groups is 1. The van der Waals surface area contributed by atoms with E-state index in [4.69, 9.17) is 0 Å². The maximum atomic E-state index is 13.5. The van der Waals surface area contributed by atoms with Crippen molar-refractivity contribution in [1.82, 2.24) is 5.01 Å². The van der Waals surface area contributed by atoms with E-state index in [2.05, 4.69) is 5.10 Å². The van der Waals surface area contributed by atoms with Crippen molar-refractivity contribution in [3.05, 3.63) is 110 Å². The number of carbonyl (C=O) groups is 2. The Morgan fingerprint density at radius 2 is 1.33 bits per heavy atom. The van der Waals surface area contributed by atoms with Gasteiger partial charge in [-0.15, -0.1) is 0 Å². The Balaban J connectivity index is 1.41. The van der Waals surface area contributed by atoms with Crippen LogP contribution in [0.2, 0.25) is 0 Å². The molecule has 1 heterocycles. The van der Waals surface area contributed by atoms with Crippen molar-refractivity contribution in [3.63, 3.8) is 0 Å². The van der Waals surface area contributed by atoms with E-state index in [1.165, 1.54) is 12.3 Å². The van der Waals surface area contributed by atoms with Crippen LogP contribution in [-0.2, 0) is 9.59 Å². The number of nitro benzene ring substituents is 1. The van der Waals surface area contributed by atoms with Crippen LogP contribution in [0.25, 0.3) is 0 Å². The first kappa shape index (κ1) is 19.5. The summed E-state index contributed by atoms with van der Waals surface area (Å²) < 4.78 is 0. The van der Waals surface area contributed by atoms with E-state index >= 15 is 0 Å². The van der Waals surface area contributed by atoms with Crippen LogP contribution >= 0.6 is 0 Å². The monoisotopic (exact) mass is 437 g/mol. The number of hydrazone groups is 1. The van der Waals surface area contributed by atoms with Crippen molar-refractivity contribution >= 4 is 23.7 Å². The van der Waals surface area contributed by atoms with Gasteiger partial charge in [-0.3, -0.25) is 19.7 Å². The highest BCUT2D eigenvalue weighted by Crippen LogP contribution is 2.60. The van der Waals surface area contributed by atoms with Crippen LogP contribution in [0.5, 0.6) is 0 Å². The number of rotatable bonds is 3. The molecular weight excluding hydrogens is 418 g/mol. The van der Waals surface area contributed by atoms with E-state index in [1.807, 2.05) is 48.5 Å². The zero-order valence-electron chi connectivity index (χ0n) is 17.7. The number of carbonyl (C=O) groups excluding carboxylic acids is 2. The number of nitrogens with zero attached hydrogens (tertiary/aromatic N) is 3. The number of benzene rings is 3. The first-order chi connectivity index (χ1) is 16.0. The molecule has 1 fully saturated rings. The average Bonchev–Trinajstić information content (AvgIpc) is 3.08. The number of hydrogen-bond acceptors (Lipinski definition) is 5. The highest BCUT2D eigenvalue weighted by atomic mass is 16.6. The van der Waals surface area contributed by atoms with Crippen LogP contribution in [0.15, 0.2) is 71.8 Å². The van der Waals surface area contributed by atoms with E-state index < -0.39 is 16.8 Å². The lowest BCUT2D eigenvalue weighted by molar-refractivity contribution is -0.385. The van der Waals surface area contributed by atoms with Crippen molar-refractivity contribution in [2.45, 2.75) is 18.8 Å². The van der Waals surface area contributed by atoms with Crippen LogP contribution in [0, 0.1) is 28.9 Å². The number of imide groups is 1. The third kappa shape index (κ3) is 2.65. The van der Waals surface area contributed by atoms with Gasteiger partial charge in [-0.25, -0.2) is 0 Å². The van der Waals surface area contributed by atoms with Crippen LogP contribution < -0.4 is 0 Å². The summed E-state index contributed by atoms with van der Waals surface area (Å²) in [6.07, 6.45) is 1.35. The van der Waals surface area contributed by atoms with Gasteiger partial charge in [0.1, 0.15) is 0 Å². The first-order valence-corrected chi connectivity index (χ1v) is 10.8. The lowest BCUT2D eigenvalue weighted by atomic mass is 9.55. The zero-order chi connectivity index (χ0) is 22.9. The summed E-state index contributed by atoms with van der Waals surface area (Å²) in [7, 11) is 0. The molecule has 3 aromatic carbocycles. The molecule has 0 radical (unpaired) electrons. The fourth-order valence-electron chi connectivity index (χ4n) is 5.80. The molecule has 0 aromatic heterocycles. The van der Waals surface area contributed by atoms with Gasteiger partial charge in [0, 0.05) is 29.0 Å². The molecule has 3 aliphatic carbocycles. The quantitative estimate of drug-likeness (QED) is 0.267. The van der Waals surface area contributed by atoms with E-state index in [9.17, 15) is 19.7 Å². The normalized spacial score (nSPS) is 24.7. The van der Waals surface area contributed by atoms with Crippen molar-refractivity contribution in [2.75, 3.05) is 0 Å². The molecule has 33 heavy (non-hydrogen) atoms. The molecular formula is C26H19N3O4. The van der Waals surface area contributed by atoms with Crippen LogP contribution in [0.3, 0.4) is 0 Å². The first-order valence-electron chi connectivity index (χ1n) is 10.8. The number of hydrogen-bond donors (Lipinski definition) is 0. The Morgan fingerprint density at radius 3 is 1.79 bits per heavy atom. The highest BCUT2D eigenvalue weighted by molar-refractivity contribution is 6.08. The SMILES string of the molecule is Cc1ccc(/C=N/N2C(=O)C3C4c5ccccc5C(c5ccccc54)C3C2=O)cc1[N+](=O)[O-]. The van der Waals surface area contributed by atoms with E-state index in [0.717, 1.165) is 27.3 Å². The molecule has 7 heteroatoms. The molecule has 7 nitrogen and oxygen atoms in total. The molecule has 3 aromatic rings. The maximum Gasteiger partial charge on any atom is 0.272 e. The fourth-order valence-corrected chi connectivity index (χ4v) is 5.80. The largest absolute Gasteiger partial charge is 0.272 e. The predicted molar refractivity (Wildman–Crippen MR) is 121 cm³/mol. The van der Waals surface area contributed by atoms with Crippen molar-refractivity contribution in [1.29, 1.82) is 0 Å². The topological polar surface area (TPSA) is 92.9 Å². The highest BCUT2D eigenvalue weighted by Gasteiger charge is 2.61. The molecule has 0 spiro atoms. The Kier molecular flexibility index (Phi) is 4.11. The molecule has 4 aliphatic rings. The molecule has 0 saturated carbocycles. The van der Waals surface area contributed by atoms with Gasteiger partial charge in [0.2, 0.25) is 0 Å². The number of aryl methyl sites for hydroxylation is 1. The van der Waals surface area contributed by atoms with Gasteiger partial charge in [0.05, 0.1) is 23.0 Å². The lowest BCUT2D eigenvalue weighted by Crippen LogP contribution is -2.41. The van der Waals surface area contributed by atoms with Gasteiger partial charge < -0.3 is 0 Å².